The number of aromatic nitrogens is 3. The molecule has 77 heavy (non-hydrogen) atoms. The van der Waals surface area contributed by atoms with Crippen LogP contribution in [0.5, 0.6) is 5.75 Å². The SMILES string of the molecule is CC[C@@H](NC(=O)[C@@H]1C[C@H](NCCOCCOCCOCCOCCC(=O)NCCN2CC(C)Oc3ccc(F)cc3[C@@H](C)Nc3ccn4ncc(c4n3)C2=O)CN1C(=O)C(NC(=O)[C@H](C)NC)C(C)(C)C)c1ccccc1. The average molecular weight is 1070 g/mol. The van der Waals surface area contributed by atoms with Crippen molar-refractivity contribution in [3.63, 3.8) is 0 Å². The summed E-state index contributed by atoms with van der Waals surface area (Å²) in [6.07, 6.45) is 3.88. The van der Waals surface area contributed by atoms with Crippen molar-refractivity contribution >= 4 is 41.0 Å². The number of likely N-dealkylation sites (N-methyl/N-ethyl adjacent to an activating group) is 1. The number of hydrogen-bond acceptors (Lipinski definition) is 15. The van der Waals surface area contributed by atoms with Crippen LogP contribution in [0, 0.1) is 11.2 Å². The minimum atomic E-state index is -0.853. The Hall–Kier alpha value is -6.30. The van der Waals surface area contributed by atoms with Gasteiger partial charge in [-0.05, 0) is 75.9 Å². The van der Waals surface area contributed by atoms with Crippen molar-refractivity contribution in [3.8, 4) is 5.75 Å². The standard InChI is InChI=1S/C55H80FN11O10/c1-9-44(39-13-11-10-12-14-39)62-52(70)45-32-41(35-66(45)54(72)49(55(5,6)7)64-51(69)38(4)57-8)58-20-24-74-26-28-76-30-29-75-27-25-73-23-18-48(68)59-19-22-65-34-36(2)77-46-16-15-40(56)31-42(46)37(3)61-47-17-21-67-50(63-47)43(33-60-67)53(65)71/h10-17,21,31,33,36-38,41,44-45,49,57-58H,9,18-20,22-30,32,34-35H2,1-8H3,(H,59,68)(H,61,63)(H,62,70)(H,64,69)/t36?,37-,38+,41+,44-,45+,49?/m1/s1. The van der Waals surface area contributed by atoms with Gasteiger partial charge in [0.15, 0.2) is 5.65 Å². The Morgan fingerprint density at radius 2 is 1.58 bits per heavy atom. The average Bonchev–Trinajstić information content (AvgIpc) is 4.05. The molecule has 0 radical (unpaired) electrons. The molecule has 2 unspecified atom stereocenters. The van der Waals surface area contributed by atoms with Gasteiger partial charge in [-0.25, -0.2) is 13.9 Å². The first kappa shape index (κ1) is 59.9. The molecular formula is C55H80FN11O10. The first-order chi connectivity index (χ1) is 37.0. The topological polar surface area (TPSA) is 240 Å². The van der Waals surface area contributed by atoms with Gasteiger partial charge in [0.2, 0.25) is 23.6 Å². The van der Waals surface area contributed by atoms with E-state index in [4.69, 9.17) is 23.7 Å². The van der Waals surface area contributed by atoms with Crippen LogP contribution >= 0.6 is 0 Å². The van der Waals surface area contributed by atoms with Gasteiger partial charge < -0.3 is 65.4 Å². The van der Waals surface area contributed by atoms with Gasteiger partial charge in [-0.3, -0.25) is 24.0 Å². The summed E-state index contributed by atoms with van der Waals surface area (Å²) in [5.74, 6) is -0.835. The van der Waals surface area contributed by atoms with Crippen molar-refractivity contribution in [2.75, 3.05) is 97.9 Å². The molecule has 0 saturated carbocycles. The summed E-state index contributed by atoms with van der Waals surface area (Å²) in [6, 6.07) is 13.0. The number of rotatable bonds is 27. The number of ether oxygens (including phenoxy) is 5. The van der Waals surface area contributed by atoms with Crippen LogP contribution in [0.2, 0.25) is 0 Å². The fraction of sp³-hybridized carbons (Fsp3) is 0.582. The van der Waals surface area contributed by atoms with Gasteiger partial charge in [-0.15, -0.1) is 0 Å². The Bertz CT molecular complexity index is 2550. The lowest BCUT2D eigenvalue weighted by Crippen LogP contribution is -2.59. The third kappa shape index (κ3) is 17.6. The number of carbonyl (C=O) groups excluding carboxylic acids is 5. The molecule has 2 aromatic heterocycles. The van der Waals surface area contributed by atoms with Crippen LogP contribution in [0.1, 0.15) is 101 Å². The van der Waals surface area contributed by atoms with Gasteiger partial charge in [0, 0.05) is 50.4 Å². The van der Waals surface area contributed by atoms with Gasteiger partial charge in [0.25, 0.3) is 5.91 Å². The van der Waals surface area contributed by atoms with Gasteiger partial charge in [0.05, 0.1) is 83.7 Å². The zero-order valence-corrected chi connectivity index (χ0v) is 45.9. The summed E-state index contributed by atoms with van der Waals surface area (Å²) in [4.78, 5) is 75.9. The first-order valence-electron chi connectivity index (χ1n) is 26.8. The molecule has 6 rings (SSSR count). The number of amides is 5. The molecule has 2 aromatic carbocycles. The van der Waals surface area contributed by atoms with E-state index in [1.807, 2.05) is 71.9 Å². The molecule has 4 heterocycles. The van der Waals surface area contributed by atoms with Gasteiger partial charge in [-0.2, -0.15) is 5.10 Å². The lowest BCUT2D eigenvalue weighted by Gasteiger charge is -2.36. The highest BCUT2D eigenvalue weighted by atomic mass is 19.1. The fourth-order valence-electron chi connectivity index (χ4n) is 9.12. The Balaban J connectivity index is 0.843. The zero-order valence-electron chi connectivity index (χ0n) is 45.9. The zero-order chi connectivity index (χ0) is 55.5. The maximum absolute atomic E-state index is 14.4. The molecule has 2 aliphatic rings. The van der Waals surface area contributed by atoms with Crippen molar-refractivity contribution in [2.45, 2.75) is 110 Å². The second-order valence-electron chi connectivity index (χ2n) is 20.5. The number of fused-ring (bicyclic) bond motifs is 2. The van der Waals surface area contributed by atoms with E-state index in [1.54, 1.807) is 42.1 Å². The Morgan fingerprint density at radius 1 is 0.896 bits per heavy atom. The Kier molecular flexibility index (Phi) is 22.9. The molecule has 0 aliphatic carbocycles. The van der Waals surface area contributed by atoms with Gasteiger partial charge in [0.1, 0.15) is 41.1 Å². The monoisotopic (exact) mass is 1070 g/mol. The predicted octanol–water partition coefficient (Wildman–Crippen LogP) is 3.80. The molecule has 0 spiro atoms. The summed E-state index contributed by atoms with van der Waals surface area (Å²) in [5.41, 5.74) is 1.62. The van der Waals surface area contributed by atoms with Crippen LogP contribution in [0.15, 0.2) is 67.0 Å². The van der Waals surface area contributed by atoms with E-state index in [0.717, 1.165) is 5.56 Å². The van der Waals surface area contributed by atoms with Crippen molar-refractivity contribution in [1.29, 1.82) is 0 Å². The second-order valence-corrected chi connectivity index (χ2v) is 20.5. The largest absolute Gasteiger partial charge is 0.489 e. The van der Waals surface area contributed by atoms with Crippen LogP contribution in [0.4, 0.5) is 10.2 Å². The Labute approximate surface area is 451 Å². The molecule has 1 saturated heterocycles. The first-order valence-corrected chi connectivity index (χ1v) is 26.8. The Morgan fingerprint density at radius 3 is 2.26 bits per heavy atom. The fourth-order valence-corrected chi connectivity index (χ4v) is 9.12. The summed E-state index contributed by atoms with van der Waals surface area (Å²) in [5, 5.41) is 23.0. The third-order valence-corrected chi connectivity index (χ3v) is 13.5. The molecule has 2 aliphatic heterocycles. The van der Waals surface area contributed by atoms with Crippen LogP contribution < -0.4 is 36.6 Å². The van der Waals surface area contributed by atoms with Crippen LogP contribution in [-0.2, 0) is 38.1 Å². The van der Waals surface area contributed by atoms with Crippen molar-refractivity contribution in [2.24, 2.45) is 5.41 Å². The highest BCUT2D eigenvalue weighted by Crippen LogP contribution is 2.31. The second kappa shape index (κ2) is 29.4. The smallest absolute Gasteiger partial charge is 0.259 e. The predicted molar refractivity (Wildman–Crippen MR) is 288 cm³/mol. The van der Waals surface area contributed by atoms with E-state index in [9.17, 15) is 28.4 Å². The molecule has 4 aromatic rings. The van der Waals surface area contributed by atoms with E-state index in [0.29, 0.717) is 93.9 Å². The highest BCUT2D eigenvalue weighted by Gasteiger charge is 2.45. The number of anilines is 1. The number of halogens is 1. The lowest BCUT2D eigenvalue weighted by molar-refractivity contribution is -0.144. The maximum Gasteiger partial charge on any atom is 0.259 e. The molecule has 6 N–H and O–H groups in total. The number of benzene rings is 2. The number of carbonyl (C=O) groups is 5. The van der Waals surface area contributed by atoms with E-state index in [2.05, 4.69) is 42.0 Å². The molecular weight excluding hydrogens is 994 g/mol. The minimum absolute atomic E-state index is 0.117. The van der Waals surface area contributed by atoms with E-state index in [1.165, 1.54) is 22.8 Å². The van der Waals surface area contributed by atoms with Crippen molar-refractivity contribution in [3.05, 3.63) is 89.5 Å². The van der Waals surface area contributed by atoms with Crippen LogP contribution in [-0.4, -0.2) is 177 Å². The number of hydrogen-bond donors (Lipinski definition) is 6. The molecule has 1 fully saturated rings. The summed E-state index contributed by atoms with van der Waals surface area (Å²) >= 11 is 0. The number of nitrogens with zero attached hydrogens (tertiary/aromatic N) is 5. The van der Waals surface area contributed by atoms with E-state index in [-0.39, 0.29) is 86.9 Å². The molecule has 22 heteroatoms. The van der Waals surface area contributed by atoms with E-state index >= 15 is 0 Å². The lowest BCUT2D eigenvalue weighted by atomic mass is 9.85. The summed E-state index contributed by atoms with van der Waals surface area (Å²) < 4.78 is 44.9. The maximum atomic E-state index is 14.4. The molecule has 5 amide bonds. The highest BCUT2D eigenvalue weighted by molar-refractivity contribution is 6.00. The van der Waals surface area contributed by atoms with E-state index < -0.39 is 35.5 Å². The minimum Gasteiger partial charge on any atom is -0.489 e. The summed E-state index contributed by atoms with van der Waals surface area (Å²) in [6.45, 7) is 17.1. The van der Waals surface area contributed by atoms with Gasteiger partial charge >= 0.3 is 0 Å². The van der Waals surface area contributed by atoms with Crippen molar-refractivity contribution < 1.29 is 52.0 Å². The molecule has 21 nitrogen and oxygen atoms in total. The third-order valence-electron chi connectivity index (χ3n) is 13.5. The molecule has 422 valence electrons. The van der Waals surface area contributed by atoms with Gasteiger partial charge in [-0.1, -0.05) is 58.0 Å². The quantitative estimate of drug-likeness (QED) is 0.0466. The molecule has 7 atom stereocenters. The number of likely N-dealkylation sites (tertiary alicyclic amines) is 1. The van der Waals surface area contributed by atoms with Crippen LogP contribution in [0.3, 0.4) is 0 Å². The molecule has 2 bridgehead atoms. The number of nitrogens with one attached hydrogen (secondary N) is 6. The normalized spacial score (nSPS) is 19.0. The van der Waals surface area contributed by atoms with Crippen LogP contribution in [0.25, 0.3) is 5.65 Å². The van der Waals surface area contributed by atoms with Crippen molar-refractivity contribution in [1.82, 2.24) is 51.0 Å². The summed E-state index contributed by atoms with van der Waals surface area (Å²) in [7, 11) is 1.69.